The van der Waals surface area contributed by atoms with Gasteiger partial charge in [-0.15, -0.1) is 0 Å². The topological polar surface area (TPSA) is 64.3 Å². The first-order valence-electron chi connectivity index (χ1n) is 2.78. The first kappa shape index (κ1) is 8.23. The Morgan fingerprint density at radius 3 is 2.67 bits per heavy atom. The zero-order valence-electron chi connectivity index (χ0n) is 5.68. The second-order valence-corrected chi connectivity index (χ2v) is 1.90. The van der Waals surface area contributed by atoms with E-state index in [0.717, 1.165) is 0 Å². The average Bonchev–Trinajstić information content (AvgIpc) is 1.63. The van der Waals surface area contributed by atoms with Crippen molar-refractivity contribution < 1.29 is 9.53 Å². The van der Waals surface area contributed by atoms with Gasteiger partial charge in [-0.3, -0.25) is 0 Å². The molecule has 9 heavy (non-hydrogen) atoms. The van der Waals surface area contributed by atoms with Crippen molar-refractivity contribution in [3.8, 4) is 0 Å². The van der Waals surface area contributed by atoms with Gasteiger partial charge in [-0.2, -0.15) is 0 Å². The largest absolute Gasteiger partial charge is 0.359 e. The number of amides is 2. The monoisotopic (exact) mass is 132 g/mol. The van der Waals surface area contributed by atoms with Crippen LogP contribution in [0.1, 0.15) is 13.8 Å². The number of primary amides is 1. The molecule has 0 radical (unpaired) electrons. The normalized spacial score (nSPS) is 9.67. The molecule has 0 aliphatic carbocycles. The molecule has 0 saturated heterocycles. The van der Waals surface area contributed by atoms with Gasteiger partial charge in [0, 0.05) is 0 Å². The summed E-state index contributed by atoms with van der Waals surface area (Å²) in [4.78, 5) is 10.0. The fraction of sp³-hybridized carbons (Fsp3) is 0.800. The van der Waals surface area contributed by atoms with Gasteiger partial charge in [0.25, 0.3) is 0 Å². The molecule has 4 heteroatoms. The maximum absolute atomic E-state index is 10.0. The third kappa shape index (κ3) is 7.23. The predicted octanol–water partition coefficient (Wildman–Crippen LogP) is 0.0372. The van der Waals surface area contributed by atoms with E-state index in [2.05, 4.69) is 5.32 Å². The summed E-state index contributed by atoms with van der Waals surface area (Å²) in [6.45, 7) is 3.94. The number of hydrogen-bond acceptors (Lipinski definition) is 2. The summed E-state index contributed by atoms with van der Waals surface area (Å²) in [6, 6.07) is -0.560. The summed E-state index contributed by atoms with van der Waals surface area (Å²) in [5.41, 5.74) is 4.75. The lowest BCUT2D eigenvalue weighted by Crippen LogP contribution is -2.32. The lowest BCUT2D eigenvalue weighted by Gasteiger charge is -2.05. The molecular weight excluding hydrogens is 120 g/mol. The maximum Gasteiger partial charge on any atom is 0.313 e. The van der Waals surface area contributed by atoms with Gasteiger partial charge in [0.15, 0.2) is 0 Å². The summed E-state index contributed by atoms with van der Waals surface area (Å²) >= 11 is 0. The van der Waals surface area contributed by atoms with Gasteiger partial charge in [-0.05, 0) is 13.8 Å². The number of carbonyl (C=O) groups is 1. The van der Waals surface area contributed by atoms with Gasteiger partial charge in [0.05, 0.1) is 6.10 Å². The van der Waals surface area contributed by atoms with Crippen LogP contribution in [0.2, 0.25) is 0 Å². The van der Waals surface area contributed by atoms with Crippen molar-refractivity contribution in [3.05, 3.63) is 0 Å². The number of nitrogens with one attached hydrogen (secondary N) is 1. The molecule has 0 aliphatic rings. The van der Waals surface area contributed by atoms with E-state index in [1.165, 1.54) is 0 Å². The van der Waals surface area contributed by atoms with E-state index >= 15 is 0 Å². The van der Waals surface area contributed by atoms with Gasteiger partial charge < -0.3 is 15.8 Å². The van der Waals surface area contributed by atoms with Crippen LogP contribution in [0.25, 0.3) is 0 Å². The molecule has 0 spiro atoms. The smallest absolute Gasteiger partial charge is 0.313 e. The number of nitrogens with two attached hydrogens (primary N) is 1. The minimum absolute atomic E-state index is 0.122. The number of ether oxygens (including phenoxy) is 1. The Kier molecular flexibility index (Phi) is 3.79. The quantitative estimate of drug-likeness (QED) is 0.532. The van der Waals surface area contributed by atoms with E-state index in [1.807, 2.05) is 13.8 Å². The van der Waals surface area contributed by atoms with Crippen LogP contribution < -0.4 is 11.1 Å². The molecule has 0 rings (SSSR count). The minimum Gasteiger partial charge on any atom is -0.359 e. The summed E-state index contributed by atoms with van der Waals surface area (Å²) < 4.78 is 4.94. The predicted molar refractivity (Wildman–Crippen MR) is 33.8 cm³/mol. The van der Waals surface area contributed by atoms with Crippen LogP contribution in [-0.2, 0) is 4.74 Å². The Morgan fingerprint density at radius 1 is 1.78 bits per heavy atom. The van der Waals surface area contributed by atoms with Gasteiger partial charge in [-0.1, -0.05) is 0 Å². The first-order chi connectivity index (χ1) is 4.13. The molecule has 0 aromatic heterocycles. The molecule has 2 amide bonds. The molecule has 0 atom stereocenters. The number of carbonyl (C=O) groups excluding carboxylic acids is 1. The van der Waals surface area contributed by atoms with Crippen molar-refractivity contribution in [1.29, 1.82) is 0 Å². The summed E-state index contributed by atoms with van der Waals surface area (Å²) in [5.74, 6) is 0. The van der Waals surface area contributed by atoms with E-state index in [4.69, 9.17) is 10.5 Å². The number of rotatable bonds is 3. The number of hydrogen-bond donors (Lipinski definition) is 2. The Bertz CT molecular complexity index is 93.0. The highest BCUT2D eigenvalue weighted by Crippen LogP contribution is 1.82. The molecule has 3 N–H and O–H groups in total. The molecule has 4 nitrogen and oxygen atoms in total. The highest BCUT2D eigenvalue weighted by Gasteiger charge is 1.92. The van der Waals surface area contributed by atoms with Gasteiger partial charge in [0.2, 0.25) is 0 Å². The molecule has 0 bridgehead atoms. The molecular formula is C5H12N2O2. The molecule has 0 fully saturated rings. The highest BCUT2D eigenvalue weighted by atomic mass is 16.5. The molecule has 0 unspecified atom stereocenters. The Balaban J connectivity index is 3.01. The molecule has 0 aromatic rings. The Labute approximate surface area is 54.4 Å². The molecule has 0 aromatic carbocycles. The van der Waals surface area contributed by atoms with Crippen LogP contribution in [-0.4, -0.2) is 18.9 Å². The van der Waals surface area contributed by atoms with Crippen molar-refractivity contribution in [3.63, 3.8) is 0 Å². The van der Waals surface area contributed by atoms with Crippen molar-refractivity contribution in [2.45, 2.75) is 20.0 Å². The zero-order valence-corrected chi connectivity index (χ0v) is 5.68. The maximum atomic E-state index is 10.0. The van der Waals surface area contributed by atoms with E-state index in [1.54, 1.807) is 0 Å². The molecule has 54 valence electrons. The Morgan fingerprint density at radius 2 is 2.33 bits per heavy atom. The van der Waals surface area contributed by atoms with Crippen LogP contribution in [0, 0.1) is 0 Å². The lowest BCUT2D eigenvalue weighted by atomic mass is 10.5. The summed E-state index contributed by atoms with van der Waals surface area (Å²) in [5, 5.41) is 2.29. The SMILES string of the molecule is CC(C)OCNC(N)=O. The van der Waals surface area contributed by atoms with Gasteiger partial charge >= 0.3 is 6.03 Å². The third-order valence-electron chi connectivity index (χ3n) is 0.663. The fourth-order valence-electron chi connectivity index (χ4n) is 0.279. The van der Waals surface area contributed by atoms with Crippen LogP contribution in [0.4, 0.5) is 4.79 Å². The molecule has 0 aliphatic heterocycles. The van der Waals surface area contributed by atoms with Crippen molar-refractivity contribution in [1.82, 2.24) is 5.32 Å². The number of urea groups is 1. The van der Waals surface area contributed by atoms with Crippen molar-refractivity contribution >= 4 is 6.03 Å². The average molecular weight is 132 g/mol. The van der Waals surface area contributed by atoms with E-state index in [-0.39, 0.29) is 12.8 Å². The zero-order chi connectivity index (χ0) is 7.28. The minimum atomic E-state index is -0.560. The van der Waals surface area contributed by atoms with E-state index in [9.17, 15) is 4.79 Å². The summed E-state index contributed by atoms with van der Waals surface area (Å²) in [6.07, 6.45) is 0.122. The van der Waals surface area contributed by atoms with Crippen LogP contribution >= 0.6 is 0 Å². The van der Waals surface area contributed by atoms with Crippen molar-refractivity contribution in [2.24, 2.45) is 5.73 Å². The second-order valence-electron chi connectivity index (χ2n) is 1.90. The highest BCUT2D eigenvalue weighted by molar-refractivity contribution is 5.71. The van der Waals surface area contributed by atoms with Gasteiger partial charge in [-0.25, -0.2) is 4.79 Å². The van der Waals surface area contributed by atoms with Gasteiger partial charge in [0.1, 0.15) is 6.73 Å². The molecule has 0 saturated carbocycles. The van der Waals surface area contributed by atoms with E-state index < -0.39 is 6.03 Å². The summed E-state index contributed by atoms with van der Waals surface area (Å²) in [7, 11) is 0. The van der Waals surface area contributed by atoms with Crippen LogP contribution in [0.15, 0.2) is 0 Å². The third-order valence-corrected chi connectivity index (χ3v) is 0.663. The standard InChI is InChI=1S/C5H12N2O2/c1-4(2)9-3-7-5(6)8/h4H,3H2,1-2H3,(H3,6,7,8). The van der Waals surface area contributed by atoms with Crippen molar-refractivity contribution in [2.75, 3.05) is 6.73 Å². The lowest BCUT2D eigenvalue weighted by molar-refractivity contribution is 0.0701. The van der Waals surface area contributed by atoms with E-state index in [0.29, 0.717) is 0 Å². The first-order valence-corrected chi connectivity index (χ1v) is 2.78. The Hall–Kier alpha value is -0.770. The van der Waals surface area contributed by atoms with Crippen LogP contribution in [0.3, 0.4) is 0 Å². The van der Waals surface area contributed by atoms with Crippen LogP contribution in [0.5, 0.6) is 0 Å². The second kappa shape index (κ2) is 4.14. The molecule has 0 heterocycles. The fourth-order valence-corrected chi connectivity index (χ4v) is 0.279.